The van der Waals surface area contributed by atoms with Gasteiger partial charge in [0.1, 0.15) is 0 Å². The molecule has 0 saturated heterocycles. The summed E-state index contributed by atoms with van der Waals surface area (Å²) in [6, 6.07) is 10.0. The summed E-state index contributed by atoms with van der Waals surface area (Å²) < 4.78 is 0. The fourth-order valence-corrected chi connectivity index (χ4v) is 1.40. The predicted octanol–water partition coefficient (Wildman–Crippen LogP) is 1.50. The van der Waals surface area contributed by atoms with Crippen LogP contribution in [-0.4, -0.2) is 17.8 Å². The van der Waals surface area contributed by atoms with Crippen LogP contribution >= 0.6 is 0 Å². The van der Waals surface area contributed by atoms with E-state index in [9.17, 15) is 5.11 Å². The molecule has 2 nitrogen and oxygen atoms in total. The van der Waals surface area contributed by atoms with Crippen LogP contribution in [0.25, 0.3) is 0 Å². The van der Waals surface area contributed by atoms with E-state index in [2.05, 4.69) is 0 Å². The second-order valence-electron chi connectivity index (χ2n) is 3.34. The molecule has 1 aromatic rings. The molecule has 3 N–H and O–H groups in total. The van der Waals surface area contributed by atoms with Crippen molar-refractivity contribution >= 4 is 0 Å². The third kappa shape index (κ3) is 2.83. The fourth-order valence-electron chi connectivity index (χ4n) is 1.40. The Labute approximate surface area is 79.4 Å². The number of aliphatic hydroxyl groups is 1. The van der Waals surface area contributed by atoms with Gasteiger partial charge in [-0.05, 0) is 18.5 Å². The van der Waals surface area contributed by atoms with Gasteiger partial charge < -0.3 is 10.8 Å². The SMILES string of the molecule is CC(c1ccccc1)C(O)CCN. The molecule has 0 fully saturated rings. The predicted molar refractivity (Wildman–Crippen MR) is 54.5 cm³/mol. The lowest BCUT2D eigenvalue weighted by Gasteiger charge is -2.18. The second-order valence-corrected chi connectivity index (χ2v) is 3.34. The Morgan fingerprint density at radius 3 is 2.46 bits per heavy atom. The maximum Gasteiger partial charge on any atom is 0.0618 e. The average Bonchev–Trinajstić information content (AvgIpc) is 2.18. The Hall–Kier alpha value is -0.860. The maximum atomic E-state index is 9.69. The fraction of sp³-hybridized carbons (Fsp3) is 0.455. The Morgan fingerprint density at radius 2 is 1.92 bits per heavy atom. The van der Waals surface area contributed by atoms with Gasteiger partial charge in [-0.15, -0.1) is 0 Å². The summed E-state index contributed by atoms with van der Waals surface area (Å²) in [4.78, 5) is 0. The van der Waals surface area contributed by atoms with Crippen molar-refractivity contribution in [3.05, 3.63) is 35.9 Å². The second kappa shape index (κ2) is 5.00. The number of hydrogen-bond donors (Lipinski definition) is 2. The third-order valence-corrected chi connectivity index (χ3v) is 2.36. The molecule has 0 aliphatic heterocycles. The van der Waals surface area contributed by atoms with Gasteiger partial charge in [0.2, 0.25) is 0 Å². The zero-order chi connectivity index (χ0) is 9.68. The summed E-state index contributed by atoms with van der Waals surface area (Å²) in [6.07, 6.45) is 0.336. The highest BCUT2D eigenvalue weighted by atomic mass is 16.3. The van der Waals surface area contributed by atoms with Gasteiger partial charge in [-0.1, -0.05) is 37.3 Å². The number of benzene rings is 1. The molecule has 0 amide bonds. The van der Waals surface area contributed by atoms with Crippen molar-refractivity contribution in [3.8, 4) is 0 Å². The quantitative estimate of drug-likeness (QED) is 0.735. The normalized spacial score (nSPS) is 15.3. The summed E-state index contributed by atoms with van der Waals surface area (Å²) in [5, 5.41) is 9.69. The van der Waals surface area contributed by atoms with E-state index < -0.39 is 0 Å². The molecule has 0 heterocycles. The van der Waals surface area contributed by atoms with Crippen LogP contribution in [0.2, 0.25) is 0 Å². The van der Waals surface area contributed by atoms with Crippen molar-refractivity contribution in [2.45, 2.75) is 25.4 Å². The summed E-state index contributed by atoms with van der Waals surface area (Å²) in [6.45, 7) is 2.56. The average molecular weight is 179 g/mol. The third-order valence-electron chi connectivity index (χ3n) is 2.36. The van der Waals surface area contributed by atoms with Gasteiger partial charge in [0.25, 0.3) is 0 Å². The van der Waals surface area contributed by atoms with Gasteiger partial charge in [0.15, 0.2) is 0 Å². The Bertz CT molecular complexity index is 235. The van der Waals surface area contributed by atoms with Crippen molar-refractivity contribution in [1.82, 2.24) is 0 Å². The first-order valence-electron chi connectivity index (χ1n) is 4.68. The Balaban J connectivity index is 2.62. The van der Waals surface area contributed by atoms with Crippen LogP contribution in [0, 0.1) is 0 Å². The van der Waals surface area contributed by atoms with Gasteiger partial charge in [-0.25, -0.2) is 0 Å². The van der Waals surface area contributed by atoms with Crippen molar-refractivity contribution in [1.29, 1.82) is 0 Å². The van der Waals surface area contributed by atoms with Crippen LogP contribution < -0.4 is 5.73 Å². The first-order valence-corrected chi connectivity index (χ1v) is 4.68. The lowest BCUT2D eigenvalue weighted by atomic mass is 9.94. The standard InChI is InChI=1S/C11H17NO/c1-9(11(13)7-8-12)10-5-3-2-4-6-10/h2-6,9,11,13H,7-8,12H2,1H3. The molecule has 1 aromatic carbocycles. The molecule has 2 atom stereocenters. The monoisotopic (exact) mass is 179 g/mol. The lowest BCUT2D eigenvalue weighted by Crippen LogP contribution is -2.19. The lowest BCUT2D eigenvalue weighted by molar-refractivity contribution is 0.142. The molecule has 0 spiro atoms. The van der Waals surface area contributed by atoms with E-state index in [1.54, 1.807) is 0 Å². The first kappa shape index (κ1) is 10.2. The molecule has 0 saturated carbocycles. The molecule has 72 valence electrons. The number of nitrogens with two attached hydrogens (primary N) is 1. The summed E-state index contributed by atoms with van der Waals surface area (Å²) in [7, 11) is 0. The minimum atomic E-state index is -0.326. The van der Waals surface area contributed by atoms with Crippen LogP contribution in [0.15, 0.2) is 30.3 Å². The number of aliphatic hydroxyl groups excluding tert-OH is 1. The molecular formula is C11H17NO. The van der Waals surface area contributed by atoms with Gasteiger partial charge in [0.05, 0.1) is 6.10 Å². The molecule has 0 radical (unpaired) electrons. The molecule has 0 aliphatic rings. The van der Waals surface area contributed by atoms with E-state index >= 15 is 0 Å². The Kier molecular flexibility index (Phi) is 3.93. The van der Waals surface area contributed by atoms with E-state index in [4.69, 9.17) is 5.73 Å². The topological polar surface area (TPSA) is 46.2 Å². The van der Waals surface area contributed by atoms with Crippen LogP contribution in [0.4, 0.5) is 0 Å². The Morgan fingerprint density at radius 1 is 1.31 bits per heavy atom. The largest absolute Gasteiger partial charge is 0.392 e. The van der Waals surface area contributed by atoms with Crippen LogP contribution in [0.3, 0.4) is 0 Å². The molecule has 0 aliphatic carbocycles. The van der Waals surface area contributed by atoms with E-state index in [1.807, 2.05) is 37.3 Å². The summed E-state index contributed by atoms with van der Waals surface area (Å²) in [5.41, 5.74) is 6.56. The van der Waals surface area contributed by atoms with E-state index in [0.717, 1.165) is 0 Å². The molecule has 0 bridgehead atoms. The van der Waals surface area contributed by atoms with Crippen molar-refractivity contribution in [2.75, 3.05) is 6.54 Å². The highest BCUT2D eigenvalue weighted by molar-refractivity contribution is 5.19. The van der Waals surface area contributed by atoms with Gasteiger partial charge >= 0.3 is 0 Å². The maximum absolute atomic E-state index is 9.69. The van der Waals surface area contributed by atoms with Crippen LogP contribution in [-0.2, 0) is 0 Å². The van der Waals surface area contributed by atoms with E-state index in [0.29, 0.717) is 13.0 Å². The van der Waals surface area contributed by atoms with Gasteiger partial charge in [-0.3, -0.25) is 0 Å². The van der Waals surface area contributed by atoms with Crippen LogP contribution in [0.1, 0.15) is 24.8 Å². The molecule has 1 rings (SSSR count). The van der Waals surface area contributed by atoms with E-state index in [-0.39, 0.29) is 12.0 Å². The van der Waals surface area contributed by atoms with E-state index in [1.165, 1.54) is 5.56 Å². The summed E-state index contributed by atoms with van der Waals surface area (Å²) >= 11 is 0. The first-order chi connectivity index (χ1) is 6.25. The smallest absolute Gasteiger partial charge is 0.0618 e. The van der Waals surface area contributed by atoms with Gasteiger partial charge in [-0.2, -0.15) is 0 Å². The molecule has 0 aromatic heterocycles. The van der Waals surface area contributed by atoms with Crippen molar-refractivity contribution in [3.63, 3.8) is 0 Å². The highest BCUT2D eigenvalue weighted by Gasteiger charge is 2.14. The zero-order valence-electron chi connectivity index (χ0n) is 7.98. The molecular weight excluding hydrogens is 162 g/mol. The van der Waals surface area contributed by atoms with Crippen molar-refractivity contribution in [2.24, 2.45) is 5.73 Å². The van der Waals surface area contributed by atoms with Gasteiger partial charge in [0, 0.05) is 5.92 Å². The minimum absolute atomic E-state index is 0.171. The molecule has 13 heavy (non-hydrogen) atoms. The van der Waals surface area contributed by atoms with Crippen molar-refractivity contribution < 1.29 is 5.11 Å². The summed E-state index contributed by atoms with van der Waals surface area (Å²) in [5.74, 6) is 0.171. The molecule has 2 unspecified atom stereocenters. The minimum Gasteiger partial charge on any atom is -0.392 e. The number of hydrogen-bond acceptors (Lipinski definition) is 2. The van der Waals surface area contributed by atoms with Crippen LogP contribution in [0.5, 0.6) is 0 Å². The highest BCUT2D eigenvalue weighted by Crippen LogP contribution is 2.20. The molecule has 2 heteroatoms. The number of rotatable bonds is 4. The zero-order valence-corrected chi connectivity index (χ0v) is 7.98.